The maximum Gasteiger partial charge on any atom is 0.319 e. The van der Waals surface area contributed by atoms with E-state index in [2.05, 4.69) is 10.6 Å². The molecule has 2 amide bonds. The molecule has 1 unspecified atom stereocenters. The van der Waals surface area contributed by atoms with Crippen molar-refractivity contribution in [2.45, 2.75) is 32.4 Å². The molecule has 0 aliphatic carbocycles. The lowest BCUT2D eigenvalue weighted by Crippen LogP contribution is -2.55. The number of carbonyl (C=O) groups excluding carboxylic acids is 1. The molecule has 4 N–H and O–H groups in total. The molecule has 100 valence electrons. The molecule has 0 saturated heterocycles. The molecule has 18 heavy (non-hydrogen) atoms. The van der Waals surface area contributed by atoms with Crippen molar-refractivity contribution in [1.29, 1.82) is 0 Å². The van der Waals surface area contributed by atoms with Gasteiger partial charge in [-0.2, -0.15) is 0 Å². The van der Waals surface area contributed by atoms with Crippen LogP contribution in [0.15, 0.2) is 24.3 Å². The van der Waals surface area contributed by atoms with E-state index in [1.165, 1.54) is 0 Å². The Labute approximate surface area is 108 Å². The number of rotatable bonds is 4. The Balaban J connectivity index is 2.59. The highest BCUT2D eigenvalue weighted by molar-refractivity contribution is 5.89. The van der Waals surface area contributed by atoms with E-state index in [1.807, 2.05) is 20.8 Å². The number of benzene rings is 1. The second-order valence-electron chi connectivity index (χ2n) is 4.82. The number of amides is 2. The zero-order chi connectivity index (χ0) is 13.8. The minimum absolute atomic E-state index is 0.140. The first-order valence-corrected chi connectivity index (χ1v) is 5.84. The van der Waals surface area contributed by atoms with Crippen LogP contribution >= 0.6 is 0 Å². The number of anilines is 1. The standard InChI is InChI=1S/C13H21N3O2/c1-9(14)13(2,3)16-12(17)15-10-5-7-11(18-4)8-6-10/h5-9H,14H2,1-4H3,(H2,15,16,17). The molecule has 0 heterocycles. The SMILES string of the molecule is COc1ccc(NC(=O)NC(C)(C)C(C)N)cc1. The van der Waals surface area contributed by atoms with Crippen molar-refractivity contribution in [3.63, 3.8) is 0 Å². The first kappa shape index (κ1) is 14.3. The molecule has 0 saturated carbocycles. The predicted octanol–water partition coefficient (Wildman–Crippen LogP) is 1.94. The van der Waals surface area contributed by atoms with Crippen molar-refractivity contribution in [3.8, 4) is 5.75 Å². The Bertz CT molecular complexity index is 399. The van der Waals surface area contributed by atoms with E-state index in [4.69, 9.17) is 10.5 Å². The van der Waals surface area contributed by atoms with Crippen LogP contribution < -0.4 is 21.1 Å². The summed E-state index contributed by atoms with van der Waals surface area (Å²) in [7, 11) is 1.60. The summed E-state index contributed by atoms with van der Waals surface area (Å²) in [5.41, 5.74) is 6.03. The molecule has 0 aliphatic heterocycles. The summed E-state index contributed by atoms with van der Waals surface area (Å²) in [6, 6.07) is 6.70. The summed E-state index contributed by atoms with van der Waals surface area (Å²) >= 11 is 0. The van der Waals surface area contributed by atoms with Crippen molar-refractivity contribution < 1.29 is 9.53 Å². The first-order chi connectivity index (χ1) is 8.35. The van der Waals surface area contributed by atoms with Crippen LogP contribution in [0.1, 0.15) is 20.8 Å². The number of nitrogens with two attached hydrogens (primary N) is 1. The summed E-state index contributed by atoms with van der Waals surface area (Å²) in [6.07, 6.45) is 0. The summed E-state index contributed by atoms with van der Waals surface area (Å²) in [4.78, 5) is 11.8. The van der Waals surface area contributed by atoms with Crippen LogP contribution in [0.4, 0.5) is 10.5 Å². The van der Waals surface area contributed by atoms with Crippen LogP contribution in [0.3, 0.4) is 0 Å². The topological polar surface area (TPSA) is 76.4 Å². The molecule has 1 aromatic carbocycles. The third kappa shape index (κ3) is 3.92. The molecule has 0 radical (unpaired) electrons. The van der Waals surface area contributed by atoms with E-state index in [0.29, 0.717) is 5.69 Å². The fraction of sp³-hybridized carbons (Fsp3) is 0.462. The Morgan fingerprint density at radius 1 is 1.33 bits per heavy atom. The summed E-state index contributed by atoms with van der Waals surface area (Å²) < 4.78 is 5.04. The van der Waals surface area contributed by atoms with E-state index in [1.54, 1.807) is 31.4 Å². The lowest BCUT2D eigenvalue weighted by Gasteiger charge is -2.30. The Morgan fingerprint density at radius 2 is 1.89 bits per heavy atom. The maximum atomic E-state index is 11.8. The van der Waals surface area contributed by atoms with Crippen LogP contribution in [0.5, 0.6) is 5.75 Å². The van der Waals surface area contributed by atoms with Gasteiger partial charge in [0.05, 0.1) is 12.6 Å². The second kappa shape index (κ2) is 5.73. The Hall–Kier alpha value is -1.75. The molecule has 1 aromatic rings. The largest absolute Gasteiger partial charge is 0.497 e. The minimum atomic E-state index is -0.462. The summed E-state index contributed by atoms with van der Waals surface area (Å²) in [5, 5.41) is 5.57. The molecule has 5 heteroatoms. The number of nitrogens with one attached hydrogen (secondary N) is 2. The number of carbonyl (C=O) groups is 1. The highest BCUT2D eigenvalue weighted by atomic mass is 16.5. The smallest absolute Gasteiger partial charge is 0.319 e. The number of urea groups is 1. The Morgan fingerprint density at radius 3 is 2.33 bits per heavy atom. The zero-order valence-corrected chi connectivity index (χ0v) is 11.3. The van der Waals surface area contributed by atoms with Gasteiger partial charge in [0.15, 0.2) is 0 Å². The van der Waals surface area contributed by atoms with Crippen LogP contribution in [0.25, 0.3) is 0 Å². The summed E-state index contributed by atoms with van der Waals surface area (Å²) in [6.45, 7) is 5.62. The second-order valence-corrected chi connectivity index (χ2v) is 4.82. The minimum Gasteiger partial charge on any atom is -0.497 e. The normalized spacial score (nSPS) is 12.7. The Kier molecular flexibility index (Phi) is 4.55. The lowest BCUT2D eigenvalue weighted by molar-refractivity contribution is 0.237. The van der Waals surface area contributed by atoms with Gasteiger partial charge in [0.1, 0.15) is 5.75 Å². The van der Waals surface area contributed by atoms with Gasteiger partial charge in [-0.1, -0.05) is 0 Å². The first-order valence-electron chi connectivity index (χ1n) is 5.84. The van der Waals surface area contributed by atoms with Crippen molar-refractivity contribution >= 4 is 11.7 Å². The highest BCUT2D eigenvalue weighted by Crippen LogP contribution is 2.15. The molecule has 0 aliphatic rings. The van der Waals surface area contributed by atoms with E-state index in [0.717, 1.165) is 5.75 Å². The zero-order valence-electron chi connectivity index (χ0n) is 11.3. The van der Waals surface area contributed by atoms with Gasteiger partial charge < -0.3 is 21.1 Å². The average molecular weight is 251 g/mol. The fourth-order valence-electron chi connectivity index (χ4n) is 1.24. The van der Waals surface area contributed by atoms with Gasteiger partial charge in [0.2, 0.25) is 0 Å². The molecular formula is C13H21N3O2. The molecule has 0 spiro atoms. The number of ether oxygens (including phenoxy) is 1. The van der Waals surface area contributed by atoms with Crippen LogP contribution in [0, 0.1) is 0 Å². The molecule has 0 fully saturated rings. The van der Waals surface area contributed by atoms with Crippen molar-refractivity contribution in [2.24, 2.45) is 5.73 Å². The van der Waals surface area contributed by atoms with E-state index in [9.17, 15) is 4.79 Å². The van der Waals surface area contributed by atoms with Crippen LogP contribution in [-0.4, -0.2) is 24.7 Å². The van der Waals surface area contributed by atoms with E-state index >= 15 is 0 Å². The van der Waals surface area contributed by atoms with Gasteiger partial charge in [0, 0.05) is 11.7 Å². The number of hydrogen-bond acceptors (Lipinski definition) is 3. The molecule has 1 rings (SSSR count). The van der Waals surface area contributed by atoms with Crippen molar-refractivity contribution in [3.05, 3.63) is 24.3 Å². The highest BCUT2D eigenvalue weighted by Gasteiger charge is 2.24. The van der Waals surface area contributed by atoms with Gasteiger partial charge >= 0.3 is 6.03 Å². The third-order valence-corrected chi connectivity index (χ3v) is 2.92. The number of methoxy groups -OCH3 is 1. The molecule has 0 bridgehead atoms. The van der Waals surface area contributed by atoms with Crippen LogP contribution in [-0.2, 0) is 0 Å². The fourth-order valence-corrected chi connectivity index (χ4v) is 1.24. The molecular weight excluding hydrogens is 230 g/mol. The maximum absolute atomic E-state index is 11.8. The molecule has 5 nitrogen and oxygen atoms in total. The van der Waals surface area contributed by atoms with Gasteiger partial charge in [-0.05, 0) is 45.0 Å². The van der Waals surface area contributed by atoms with Crippen molar-refractivity contribution in [1.82, 2.24) is 5.32 Å². The van der Waals surface area contributed by atoms with Gasteiger partial charge in [-0.25, -0.2) is 4.79 Å². The van der Waals surface area contributed by atoms with Crippen LogP contribution in [0.2, 0.25) is 0 Å². The van der Waals surface area contributed by atoms with Gasteiger partial charge in [-0.15, -0.1) is 0 Å². The summed E-state index contributed by atoms with van der Waals surface area (Å²) in [5.74, 6) is 0.747. The van der Waals surface area contributed by atoms with Gasteiger partial charge in [-0.3, -0.25) is 0 Å². The molecule has 1 atom stereocenters. The van der Waals surface area contributed by atoms with E-state index < -0.39 is 5.54 Å². The van der Waals surface area contributed by atoms with Gasteiger partial charge in [0.25, 0.3) is 0 Å². The van der Waals surface area contributed by atoms with Crippen molar-refractivity contribution in [2.75, 3.05) is 12.4 Å². The predicted molar refractivity (Wildman–Crippen MR) is 72.9 cm³/mol. The lowest BCUT2D eigenvalue weighted by atomic mass is 9.97. The third-order valence-electron chi connectivity index (χ3n) is 2.92. The average Bonchev–Trinajstić information content (AvgIpc) is 2.29. The monoisotopic (exact) mass is 251 g/mol. The molecule has 0 aromatic heterocycles. The number of hydrogen-bond donors (Lipinski definition) is 3. The quantitative estimate of drug-likeness (QED) is 0.765. The van der Waals surface area contributed by atoms with E-state index in [-0.39, 0.29) is 12.1 Å².